The fourth-order valence-corrected chi connectivity index (χ4v) is 5.18. The molecule has 184 valence electrons. The summed E-state index contributed by atoms with van der Waals surface area (Å²) in [5.41, 5.74) is 9.04. The molecule has 8 heteroatoms. The first kappa shape index (κ1) is 26.3. The van der Waals surface area contributed by atoms with Crippen molar-refractivity contribution in [1.82, 2.24) is 19.9 Å². The van der Waals surface area contributed by atoms with Gasteiger partial charge in [-0.25, -0.2) is 9.78 Å². The molecule has 0 spiro atoms. The number of ether oxygens (including phenoxy) is 1. The Kier molecular flexibility index (Phi) is 6.97. The zero-order valence-electron chi connectivity index (χ0n) is 21.3. The van der Waals surface area contributed by atoms with Gasteiger partial charge in [0.15, 0.2) is 0 Å². The Morgan fingerprint density at radius 3 is 2.39 bits per heavy atom. The summed E-state index contributed by atoms with van der Waals surface area (Å²) in [7, 11) is 1.38. The second kappa shape index (κ2) is 10.1. The molecule has 4 aromatic rings. The van der Waals surface area contributed by atoms with Crippen LogP contribution in [0.1, 0.15) is 47.0 Å². The number of fused-ring (bicyclic) bond motifs is 8. The number of halogens is 1. The van der Waals surface area contributed by atoms with Gasteiger partial charge >= 0.3 is 25.4 Å². The van der Waals surface area contributed by atoms with Gasteiger partial charge < -0.3 is 14.7 Å². The molecule has 2 aliphatic rings. The topological polar surface area (TPSA) is 80.3 Å². The molecule has 0 amide bonds. The predicted octanol–water partition coefficient (Wildman–Crippen LogP) is 6.48. The van der Waals surface area contributed by atoms with E-state index in [1.807, 2.05) is 54.6 Å². The zero-order chi connectivity index (χ0) is 25.7. The number of carbonyl (C=O) groups is 1. The predicted molar refractivity (Wildman–Crippen MR) is 149 cm³/mol. The number of benzene rings is 1. The van der Waals surface area contributed by atoms with Crippen LogP contribution in [0.2, 0.25) is 0 Å². The van der Waals surface area contributed by atoms with E-state index in [4.69, 9.17) is 24.7 Å². The first-order valence-corrected chi connectivity index (χ1v) is 12.7. The maximum absolute atomic E-state index is 12.0. The van der Waals surface area contributed by atoms with Gasteiger partial charge in [-0.3, -0.25) is 4.98 Å². The Bertz CT molecular complexity index is 1750. The van der Waals surface area contributed by atoms with Crippen LogP contribution in [0.3, 0.4) is 0 Å². The number of esters is 1. The Morgan fingerprint density at radius 2 is 1.66 bits per heavy atom. The standard InChI is InChI=1S/C30H24BrN4O2.Zn/c1-30(2)16-22-13-25-23(31)15-26(35-25)28(17-4-6-18(7-5-17)29(36)37-3)24-11-10-20(33-24)12-19-8-9-21(32-19)14-27(30)34-22;/h4-15H,16H2,1-3H3,(H-,32,33,34,35,36);/q-1;+2/p-1. The molecule has 0 radical (unpaired) electrons. The van der Waals surface area contributed by atoms with Crippen molar-refractivity contribution in [2.45, 2.75) is 25.7 Å². The number of hydrogen-bond acceptors (Lipinski definition) is 4. The van der Waals surface area contributed by atoms with E-state index in [0.717, 1.165) is 66.9 Å². The van der Waals surface area contributed by atoms with Gasteiger partial charge in [-0.15, -0.1) is 22.1 Å². The summed E-state index contributed by atoms with van der Waals surface area (Å²) in [6, 6.07) is 19.4. The van der Waals surface area contributed by atoms with Crippen molar-refractivity contribution in [3.05, 3.63) is 93.5 Å². The quantitative estimate of drug-likeness (QED) is 0.167. The minimum absolute atomic E-state index is 0. The van der Waals surface area contributed by atoms with Crippen molar-refractivity contribution in [3.63, 3.8) is 0 Å². The minimum Gasteiger partial charge on any atom is -0.658 e. The summed E-state index contributed by atoms with van der Waals surface area (Å²) in [6.45, 7) is 4.40. The molecule has 1 aromatic carbocycles. The van der Waals surface area contributed by atoms with Crippen molar-refractivity contribution in [1.29, 1.82) is 0 Å². The third kappa shape index (κ3) is 4.91. The first-order chi connectivity index (χ1) is 17.8. The van der Waals surface area contributed by atoms with Crippen molar-refractivity contribution in [2.75, 3.05) is 7.11 Å². The summed E-state index contributed by atoms with van der Waals surface area (Å²) in [5.74, 6) is -0.376. The Morgan fingerprint density at radius 1 is 0.921 bits per heavy atom. The molecule has 0 saturated heterocycles. The zero-order valence-corrected chi connectivity index (χ0v) is 25.9. The van der Waals surface area contributed by atoms with E-state index in [2.05, 4.69) is 35.8 Å². The Balaban J connectivity index is 0.00000294. The average molecular weight is 617 g/mol. The molecular formula is C30H23BrN4O2Zn. The van der Waals surface area contributed by atoms with Crippen molar-refractivity contribution >= 4 is 56.1 Å². The number of rotatable bonds is 2. The van der Waals surface area contributed by atoms with Crippen LogP contribution in [0, 0.1) is 0 Å². The smallest absolute Gasteiger partial charge is 0.658 e. The van der Waals surface area contributed by atoms with E-state index < -0.39 is 0 Å². The number of methoxy groups -OCH3 is 1. The maximum atomic E-state index is 12.0. The molecule has 38 heavy (non-hydrogen) atoms. The summed E-state index contributed by atoms with van der Waals surface area (Å²) in [4.78, 5) is 31.6. The average Bonchev–Trinajstić information content (AvgIpc) is 3.64. The fourth-order valence-electron chi connectivity index (χ4n) is 4.76. The van der Waals surface area contributed by atoms with E-state index in [1.54, 1.807) is 12.1 Å². The van der Waals surface area contributed by atoms with Gasteiger partial charge in [0.2, 0.25) is 0 Å². The van der Waals surface area contributed by atoms with Crippen LogP contribution >= 0.6 is 15.9 Å². The van der Waals surface area contributed by atoms with Crippen LogP contribution in [0.5, 0.6) is 0 Å². The van der Waals surface area contributed by atoms with Crippen LogP contribution in [0.4, 0.5) is 0 Å². The number of nitrogens with zero attached hydrogens (tertiary/aromatic N) is 4. The van der Waals surface area contributed by atoms with E-state index >= 15 is 0 Å². The molecule has 5 heterocycles. The summed E-state index contributed by atoms with van der Waals surface area (Å²) in [5, 5.41) is 0. The van der Waals surface area contributed by atoms with Crippen molar-refractivity contribution in [3.8, 4) is 11.1 Å². The van der Waals surface area contributed by atoms with Gasteiger partial charge in [0.25, 0.3) is 0 Å². The molecule has 6 nitrogen and oxygen atoms in total. The molecule has 6 rings (SSSR count). The molecule has 8 bridgehead atoms. The third-order valence-electron chi connectivity index (χ3n) is 6.66. The van der Waals surface area contributed by atoms with Crippen LogP contribution in [-0.4, -0.2) is 23.0 Å². The van der Waals surface area contributed by atoms with Gasteiger partial charge in [-0.2, -0.15) is 0 Å². The SMILES string of the molecule is COC(=O)c1ccc(-c2c3nc(cc4ccc(cc5nc(cc6[n-]c2cc6Br)CC5(C)C)[n-]4)C=C3)cc1.[Zn+2]. The van der Waals surface area contributed by atoms with E-state index in [1.165, 1.54) is 7.11 Å². The molecule has 2 aliphatic heterocycles. The van der Waals surface area contributed by atoms with Crippen LogP contribution in [0.25, 0.3) is 45.3 Å². The second-order valence-electron chi connectivity index (χ2n) is 9.85. The largest absolute Gasteiger partial charge is 2.00 e. The normalized spacial score (nSPS) is 13.7. The minimum atomic E-state index is -0.376. The van der Waals surface area contributed by atoms with E-state index in [-0.39, 0.29) is 30.9 Å². The van der Waals surface area contributed by atoms with Gasteiger partial charge in [0.1, 0.15) is 0 Å². The van der Waals surface area contributed by atoms with Gasteiger partial charge in [0.05, 0.1) is 24.1 Å². The monoisotopic (exact) mass is 614 g/mol. The van der Waals surface area contributed by atoms with Gasteiger partial charge in [0, 0.05) is 27.7 Å². The van der Waals surface area contributed by atoms with E-state index in [9.17, 15) is 4.79 Å². The number of aromatic nitrogens is 4. The molecule has 0 aliphatic carbocycles. The van der Waals surface area contributed by atoms with Crippen LogP contribution in [-0.2, 0) is 36.1 Å². The first-order valence-electron chi connectivity index (χ1n) is 12.0. The van der Waals surface area contributed by atoms with Gasteiger partial charge in [-0.1, -0.05) is 78.3 Å². The molecule has 0 unspecified atom stereocenters. The molecule has 0 fully saturated rings. The maximum Gasteiger partial charge on any atom is 2.00 e. The summed E-state index contributed by atoms with van der Waals surface area (Å²) >= 11 is 3.71. The van der Waals surface area contributed by atoms with Crippen molar-refractivity contribution < 1.29 is 29.0 Å². The fraction of sp³-hybridized carbons (Fsp3) is 0.167. The van der Waals surface area contributed by atoms with Crippen LogP contribution in [0.15, 0.2) is 65.1 Å². The molecule has 0 saturated carbocycles. The molecule has 0 N–H and O–H groups in total. The van der Waals surface area contributed by atoms with Crippen molar-refractivity contribution in [2.24, 2.45) is 0 Å². The Labute approximate surface area is 241 Å². The van der Waals surface area contributed by atoms with Crippen LogP contribution < -0.4 is 9.97 Å². The number of hydrogen-bond donors (Lipinski definition) is 0. The third-order valence-corrected chi connectivity index (χ3v) is 7.30. The molecule has 3 aromatic heterocycles. The number of carbonyl (C=O) groups excluding carboxylic acids is 1. The van der Waals surface area contributed by atoms with E-state index in [0.29, 0.717) is 5.56 Å². The summed E-state index contributed by atoms with van der Waals surface area (Å²) in [6.07, 6.45) is 4.77. The molecule has 0 atom stereocenters. The second-order valence-corrected chi connectivity index (χ2v) is 10.7. The Hall–Kier alpha value is -3.35. The summed E-state index contributed by atoms with van der Waals surface area (Å²) < 4.78 is 5.74. The molecular weight excluding hydrogens is 594 g/mol. The van der Waals surface area contributed by atoms with Gasteiger partial charge in [-0.05, 0) is 35.4 Å².